The molecule has 0 aliphatic rings. The third-order valence-electron chi connectivity index (χ3n) is 2.03. The largest absolute Gasteiger partial charge is 0.478 e. The van der Waals surface area contributed by atoms with Gasteiger partial charge in [0.15, 0.2) is 0 Å². The van der Waals surface area contributed by atoms with E-state index in [1.165, 1.54) is 11.9 Å². The first-order valence-electron chi connectivity index (χ1n) is 5.29. The van der Waals surface area contributed by atoms with Crippen molar-refractivity contribution in [2.24, 2.45) is 0 Å². The van der Waals surface area contributed by atoms with E-state index in [9.17, 15) is 9.59 Å². The minimum Gasteiger partial charge on any atom is -0.478 e. The Hall–Kier alpha value is -1.63. The standard InChI is InChI=1S/C11H16N2O4S/c1-6-7(9(14)15)8(18-12-6)13(5)10(16)17-11(2,3)4/h1-5H3,(H,14,15). The Balaban J connectivity index is 3.01. The summed E-state index contributed by atoms with van der Waals surface area (Å²) in [5.41, 5.74) is -0.208. The smallest absolute Gasteiger partial charge is 0.415 e. The summed E-state index contributed by atoms with van der Waals surface area (Å²) >= 11 is 0.961. The van der Waals surface area contributed by atoms with E-state index in [1.807, 2.05) is 0 Å². The Morgan fingerprint density at radius 2 is 1.94 bits per heavy atom. The van der Waals surface area contributed by atoms with Gasteiger partial charge in [-0.1, -0.05) is 0 Å². The van der Waals surface area contributed by atoms with Gasteiger partial charge in [0.05, 0.1) is 5.69 Å². The lowest BCUT2D eigenvalue weighted by Gasteiger charge is -2.23. The molecule has 0 fully saturated rings. The molecule has 18 heavy (non-hydrogen) atoms. The minimum atomic E-state index is -1.10. The number of aromatic nitrogens is 1. The third-order valence-corrected chi connectivity index (χ3v) is 3.05. The zero-order valence-electron chi connectivity index (χ0n) is 11.0. The van der Waals surface area contributed by atoms with Crippen molar-refractivity contribution in [2.45, 2.75) is 33.3 Å². The second-order valence-corrected chi connectivity index (χ2v) is 5.54. The fraction of sp³-hybridized carbons (Fsp3) is 0.545. The van der Waals surface area contributed by atoms with Crippen LogP contribution in [0.4, 0.5) is 9.80 Å². The van der Waals surface area contributed by atoms with E-state index in [0.717, 1.165) is 11.5 Å². The zero-order chi connectivity index (χ0) is 14.1. The second-order valence-electron chi connectivity index (χ2n) is 4.79. The van der Waals surface area contributed by atoms with Crippen LogP contribution in [0.5, 0.6) is 0 Å². The van der Waals surface area contributed by atoms with Gasteiger partial charge in [0, 0.05) is 7.05 Å². The number of aromatic carboxylic acids is 1. The van der Waals surface area contributed by atoms with Crippen LogP contribution in [0.2, 0.25) is 0 Å². The lowest BCUT2D eigenvalue weighted by Crippen LogP contribution is -2.34. The van der Waals surface area contributed by atoms with Crippen LogP contribution in [0.3, 0.4) is 0 Å². The molecule has 1 rings (SSSR count). The molecule has 1 aromatic heterocycles. The first-order valence-corrected chi connectivity index (χ1v) is 6.07. The van der Waals surface area contributed by atoms with E-state index in [4.69, 9.17) is 9.84 Å². The van der Waals surface area contributed by atoms with Crippen molar-refractivity contribution in [1.29, 1.82) is 0 Å². The number of hydrogen-bond donors (Lipinski definition) is 1. The van der Waals surface area contributed by atoms with Crippen LogP contribution in [-0.4, -0.2) is 34.2 Å². The molecule has 0 unspecified atom stereocenters. The first kappa shape index (κ1) is 14.4. The van der Waals surface area contributed by atoms with Crippen molar-refractivity contribution in [3.63, 3.8) is 0 Å². The van der Waals surface area contributed by atoms with Gasteiger partial charge in [0.1, 0.15) is 16.2 Å². The fourth-order valence-electron chi connectivity index (χ4n) is 1.25. The van der Waals surface area contributed by atoms with Gasteiger partial charge < -0.3 is 9.84 Å². The van der Waals surface area contributed by atoms with Crippen molar-refractivity contribution in [1.82, 2.24) is 4.37 Å². The zero-order valence-corrected chi connectivity index (χ0v) is 11.8. The minimum absolute atomic E-state index is 0.0355. The van der Waals surface area contributed by atoms with Crippen LogP contribution in [-0.2, 0) is 4.74 Å². The highest BCUT2D eigenvalue weighted by molar-refractivity contribution is 7.11. The van der Waals surface area contributed by atoms with Gasteiger partial charge in [-0.05, 0) is 39.2 Å². The Kier molecular flexibility index (Phi) is 3.95. The molecule has 0 spiro atoms. The number of carbonyl (C=O) groups is 2. The molecule has 100 valence electrons. The quantitative estimate of drug-likeness (QED) is 0.894. The van der Waals surface area contributed by atoms with E-state index in [0.29, 0.717) is 5.69 Å². The third kappa shape index (κ3) is 3.19. The number of ether oxygens (including phenoxy) is 1. The number of rotatable bonds is 2. The van der Waals surface area contributed by atoms with Gasteiger partial charge in [0.25, 0.3) is 0 Å². The van der Waals surface area contributed by atoms with Crippen LogP contribution in [0, 0.1) is 6.92 Å². The maximum absolute atomic E-state index is 11.8. The summed E-state index contributed by atoms with van der Waals surface area (Å²) in [5.74, 6) is -1.10. The molecule has 1 amide bonds. The van der Waals surface area contributed by atoms with E-state index in [-0.39, 0.29) is 10.6 Å². The van der Waals surface area contributed by atoms with Crippen LogP contribution in [0.1, 0.15) is 36.8 Å². The van der Waals surface area contributed by atoms with E-state index in [1.54, 1.807) is 27.7 Å². The van der Waals surface area contributed by atoms with Gasteiger partial charge in [-0.3, -0.25) is 4.90 Å². The SMILES string of the molecule is Cc1nsc(N(C)C(=O)OC(C)(C)C)c1C(=O)O. The summed E-state index contributed by atoms with van der Waals surface area (Å²) < 4.78 is 9.12. The molecule has 1 heterocycles. The Labute approximate surface area is 109 Å². The van der Waals surface area contributed by atoms with E-state index in [2.05, 4.69) is 4.37 Å². The lowest BCUT2D eigenvalue weighted by atomic mass is 10.2. The lowest BCUT2D eigenvalue weighted by molar-refractivity contribution is 0.0590. The van der Waals surface area contributed by atoms with E-state index < -0.39 is 17.7 Å². The van der Waals surface area contributed by atoms with Crippen molar-refractivity contribution in [3.8, 4) is 0 Å². The molecule has 1 aromatic rings. The van der Waals surface area contributed by atoms with Gasteiger partial charge in [0.2, 0.25) is 0 Å². The molecule has 0 bridgehead atoms. The summed E-state index contributed by atoms with van der Waals surface area (Å²) in [4.78, 5) is 24.1. The number of hydrogen-bond acceptors (Lipinski definition) is 5. The van der Waals surface area contributed by atoms with Crippen LogP contribution >= 0.6 is 11.5 Å². The number of anilines is 1. The highest BCUT2D eigenvalue weighted by Crippen LogP contribution is 2.28. The summed E-state index contributed by atoms with van der Waals surface area (Å²) in [7, 11) is 1.47. The maximum atomic E-state index is 11.8. The van der Waals surface area contributed by atoms with Gasteiger partial charge >= 0.3 is 12.1 Å². The fourth-order valence-corrected chi connectivity index (χ4v) is 2.08. The van der Waals surface area contributed by atoms with Crippen molar-refractivity contribution >= 4 is 28.6 Å². The molecule has 0 atom stereocenters. The molecule has 0 saturated carbocycles. The normalized spacial score (nSPS) is 11.2. The highest BCUT2D eigenvalue weighted by Gasteiger charge is 2.27. The Bertz CT molecular complexity index is 476. The monoisotopic (exact) mass is 272 g/mol. The van der Waals surface area contributed by atoms with Crippen molar-refractivity contribution in [2.75, 3.05) is 11.9 Å². The van der Waals surface area contributed by atoms with Crippen LogP contribution < -0.4 is 4.90 Å². The summed E-state index contributed by atoms with van der Waals surface area (Å²) in [5, 5.41) is 9.36. The van der Waals surface area contributed by atoms with Crippen molar-refractivity contribution in [3.05, 3.63) is 11.3 Å². The Morgan fingerprint density at radius 3 is 2.39 bits per heavy atom. The molecule has 1 N–H and O–H groups in total. The van der Waals surface area contributed by atoms with Crippen LogP contribution in [0.15, 0.2) is 0 Å². The number of carboxylic acids is 1. The highest BCUT2D eigenvalue weighted by atomic mass is 32.1. The second kappa shape index (κ2) is 4.93. The summed E-state index contributed by atoms with van der Waals surface area (Å²) in [6, 6.07) is 0. The number of amides is 1. The van der Waals surface area contributed by atoms with Gasteiger partial charge in [-0.2, -0.15) is 4.37 Å². The molecular formula is C11H16N2O4S. The van der Waals surface area contributed by atoms with Crippen molar-refractivity contribution < 1.29 is 19.4 Å². The molecule has 0 aromatic carbocycles. The number of carboxylic acid groups (broad SMARTS) is 1. The topological polar surface area (TPSA) is 79.7 Å². The van der Waals surface area contributed by atoms with Gasteiger partial charge in [-0.15, -0.1) is 0 Å². The van der Waals surface area contributed by atoms with Gasteiger partial charge in [-0.25, -0.2) is 9.59 Å². The van der Waals surface area contributed by atoms with E-state index >= 15 is 0 Å². The molecule has 0 aliphatic heterocycles. The predicted octanol–water partition coefficient (Wildman–Crippen LogP) is 2.52. The molecule has 7 heteroatoms. The Morgan fingerprint density at radius 1 is 1.39 bits per heavy atom. The molecular weight excluding hydrogens is 256 g/mol. The number of nitrogens with zero attached hydrogens (tertiary/aromatic N) is 2. The number of carbonyl (C=O) groups excluding carboxylic acids is 1. The summed E-state index contributed by atoms with van der Waals surface area (Å²) in [6.07, 6.45) is -0.603. The molecule has 0 aliphatic carbocycles. The molecule has 0 saturated heterocycles. The predicted molar refractivity (Wildman–Crippen MR) is 68.4 cm³/mol. The summed E-state index contributed by atoms with van der Waals surface area (Å²) in [6.45, 7) is 6.82. The average molecular weight is 272 g/mol. The maximum Gasteiger partial charge on any atom is 0.415 e. The number of aryl methyl sites for hydroxylation is 1. The molecule has 6 nitrogen and oxygen atoms in total. The average Bonchev–Trinajstić information content (AvgIpc) is 2.56. The first-order chi connectivity index (χ1) is 8.13. The van der Waals surface area contributed by atoms with Crippen LogP contribution in [0.25, 0.3) is 0 Å². The molecule has 0 radical (unpaired) electrons.